The summed E-state index contributed by atoms with van der Waals surface area (Å²) in [6.07, 6.45) is 3.55. The molecule has 1 unspecified atom stereocenters. The van der Waals surface area contributed by atoms with Crippen LogP contribution in [0.3, 0.4) is 0 Å². The molecule has 1 saturated heterocycles. The summed E-state index contributed by atoms with van der Waals surface area (Å²) in [6, 6.07) is 14.1. The van der Waals surface area contributed by atoms with Crippen molar-refractivity contribution >= 4 is 22.6 Å². The maximum absolute atomic E-state index is 11.5. The maximum Gasteiger partial charge on any atom is 0.323 e. The molecule has 0 spiro atoms. The molecule has 148 valence electrons. The molecule has 6 heteroatoms. The van der Waals surface area contributed by atoms with E-state index < -0.39 is 6.10 Å². The third-order valence-corrected chi connectivity index (χ3v) is 6.01. The number of H-pyrrole nitrogens is 2. The smallest absolute Gasteiger partial charge is 0.323 e. The minimum absolute atomic E-state index is 0.268. The van der Waals surface area contributed by atoms with Gasteiger partial charge in [0.05, 0.1) is 17.1 Å². The number of imidazole rings is 1. The maximum atomic E-state index is 11.5. The molecule has 2 aromatic carbocycles. The summed E-state index contributed by atoms with van der Waals surface area (Å²) < 4.78 is 0. The van der Waals surface area contributed by atoms with Gasteiger partial charge in [-0.05, 0) is 55.8 Å². The molecule has 28 heavy (non-hydrogen) atoms. The minimum atomic E-state index is -0.648. The first-order chi connectivity index (χ1) is 13.6. The lowest BCUT2D eigenvalue weighted by Crippen LogP contribution is -2.37. The number of aliphatic hydroxyl groups excluding tert-OH is 1. The van der Waals surface area contributed by atoms with Gasteiger partial charge in [0.15, 0.2) is 0 Å². The quantitative estimate of drug-likeness (QED) is 0.588. The van der Waals surface area contributed by atoms with Gasteiger partial charge >= 0.3 is 5.69 Å². The van der Waals surface area contributed by atoms with Gasteiger partial charge in [-0.2, -0.15) is 0 Å². The van der Waals surface area contributed by atoms with Gasteiger partial charge in [0.25, 0.3) is 0 Å². The molecule has 1 aliphatic heterocycles. The highest BCUT2D eigenvalue weighted by Crippen LogP contribution is 2.29. The largest absolute Gasteiger partial charge is 0.388 e. The number of rotatable bonds is 6. The van der Waals surface area contributed by atoms with Crippen molar-refractivity contribution < 1.29 is 5.11 Å². The van der Waals surface area contributed by atoms with Crippen molar-refractivity contribution in [1.29, 1.82) is 0 Å². The summed E-state index contributed by atoms with van der Waals surface area (Å²) in [5.41, 5.74) is 3.13. The highest BCUT2D eigenvalue weighted by Gasteiger charge is 2.22. The Balaban J connectivity index is 1.36. The van der Waals surface area contributed by atoms with Gasteiger partial charge in [0.2, 0.25) is 0 Å². The van der Waals surface area contributed by atoms with Gasteiger partial charge < -0.3 is 20.0 Å². The van der Waals surface area contributed by atoms with Gasteiger partial charge in [0.1, 0.15) is 0 Å². The summed E-state index contributed by atoms with van der Waals surface area (Å²) >= 11 is 6.33. The fourth-order valence-electron chi connectivity index (χ4n) is 4.26. The number of nitrogens with one attached hydrogen (secondary N) is 2. The molecule has 0 radical (unpaired) electrons. The van der Waals surface area contributed by atoms with E-state index in [1.807, 2.05) is 0 Å². The van der Waals surface area contributed by atoms with E-state index >= 15 is 0 Å². The van der Waals surface area contributed by atoms with Crippen LogP contribution >= 0.6 is 11.6 Å². The number of benzene rings is 2. The molecule has 3 aromatic rings. The van der Waals surface area contributed by atoms with Crippen LogP contribution in [0.25, 0.3) is 11.0 Å². The number of aliphatic hydroxyl groups is 1. The normalized spacial score (nSPS) is 19.1. The van der Waals surface area contributed by atoms with Crippen LogP contribution in [0.1, 0.15) is 36.5 Å². The first-order valence-electron chi connectivity index (χ1n) is 9.94. The Bertz CT molecular complexity index is 982. The Morgan fingerprint density at radius 2 is 1.93 bits per heavy atom. The molecule has 2 atom stereocenters. The Morgan fingerprint density at radius 3 is 2.71 bits per heavy atom. The molecule has 4 rings (SSSR count). The van der Waals surface area contributed by atoms with E-state index in [0.29, 0.717) is 34.0 Å². The van der Waals surface area contributed by atoms with E-state index in [1.54, 1.807) is 12.1 Å². The molecule has 5 nitrogen and oxygen atoms in total. The summed E-state index contributed by atoms with van der Waals surface area (Å²) in [4.78, 5) is 19.3. The number of fused-ring (bicyclic) bond motifs is 1. The fourth-order valence-corrected chi connectivity index (χ4v) is 4.55. The first kappa shape index (κ1) is 19.2. The second kappa shape index (κ2) is 8.52. The van der Waals surface area contributed by atoms with E-state index in [9.17, 15) is 9.90 Å². The van der Waals surface area contributed by atoms with Crippen LogP contribution in [-0.2, 0) is 6.42 Å². The van der Waals surface area contributed by atoms with Crippen LogP contribution in [0.15, 0.2) is 47.3 Å². The van der Waals surface area contributed by atoms with E-state index in [4.69, 9.17) is 11.6 Å². The number of hydrogen-bond acceptors (Lipinski definition) is 3. The van der Waals surface area contributed by atoms with Crippen molar-refractivity contribution in [1.82, 2.24) is 14.9 Å². The number of piperidine rings is 1. The summed E-state index contributed by atoms with van der Waals surface area (Å²) in [6.45, 7) is 2.99. The predicted octanol–water partition coefficient (Wildman–Crippen LogP) is 3.89. The monoisotopic (exact) mass is 399 g/mol. The molecule has 1 aromatic heterocycles. The van der Waals surface area contributed by atoms with Gasteiger partial charge in [-0.15, -0.1) is 0 Å². The number of nitrogens with zero attached hydrogens (tertiary/aromatic N) is 1. The minimum Gasteiger partial charge on any atom is -0.388 e. The van der Waals surface area contributed by atoms with E-state index in [-0.39, 0.29) is 5.69 Å². The Morgan fingerprint density at radius 1 is 1.18 bits per heavy atom. The first-order valence-corrected chi connectivity index (χ1v) is 10.3. The molecular formula is C22H26ClN3O2. The van der Waals surface area contributed by atoms with Crippen molar-refractivity contribution in [3.05, 3.63) is 69.1 Å². The molecular weight excluding hydrogens is 374 g/mol. The topological polar surface area (TPSA) is 72.1 Å². The summed E-state index contributed by atoms with van der Waals surface area (Å²) in [5, 5.41) is 11.2. The predicted molar refractivity (Wildman–Crippen MR) is 113 cm³/mol. The van der Waals surface area contributed by atoms with E-state index in [1.165, 1.54) is 18.4 Å². The third-order valence-electron chi connectivity index (χ3n) is 5.68. The number of hydrogen-bond donors (Lipinski definition) is 3. The standard InChI is InChI=1S/C22H26ClN3O2/c23-18-13-20-19(24-22(28)25-20)12-17(18)21(27)8-10-26-9-4-7-16(14-26)11-15-5-2-1-3-6-15/h1-3,5-6,12-13,16,21,27H,4,7-11,14H2,(H2,24,25,28)/t16-,21?/m1/s1. The van der Waals surface area contributed by atoms with Crippen molar-refractivity contribution in [3.63, 3.8) is 0 Å². The van der Waals surface area contributed by atoms with Gasteiger partial charge in [0, 0.05) is 23.7 Å². The molecule has 1 aliphatic rings. The van der Waals surface area contributed by atoms with Crippen LogP contribution in [-0.4, -0.2) is 39.6 Å². The SMILES string of the molecule is O=c1[nH]c2cc(Cl)c(C(O)CCN3CCC[C@H](Cc4ccccc4)C3)cc2[nH]1. The van der Waals surface area contributed by atoms with Crippen LogP contribution in [0.4, 0.5) is 0 Å². The van der Waals surface area contributed by atoms with E-state index in [0.717, 1.165) is 26.1 Å². The fraction of sp³-hybridized carbons (Fsp3) is 0.409. The number of halogens is 1. The lowest BCUT2D eigenvalue weighted by molar-refractivity contribution is 0.118. The molecule has 0 saturated carbocycles. The van der Waals surface area contributed by atoms with Crippen LogP contribution in [0.5, 0.6) is 0 Å². The molecule has 0 amide bonds. The highest BCUT2D eigenvalue weighted by molar-refractivity contribution is 6.32. The second-order valence-electron chi connectivity index (χ2n) is 7.80. The Labute approximate surface area is 169 Å². The number of aromatic amines is 2. The van der Waals surface area contributed by atoms with Crippen LogP contribution in [0, 0.1) is 5.92 Å². The van der Waals surface area contributed by atoms with Crippen LogP contribution in [0.2, 0.25) is 5.02 Å². The summed E-state index contributed by atoms with van der Waals surface area (Å²) in [7, 11) is 0. The van der Waals surface area contributed by atoms with Gasteiger partial charge in [-0.1, -0.05) is 41.9 Å². The number of aromatic nitrogens is 2. The lowest BCUT2D eigenvalue weighted by atomic mass is 9.91. The van der Waals surface area contributed by atoms with Gasteiger partial charge in [-0.3, -0.25) is 0 Å². The zero-order valence-corrected chi connectivity index (χ0v) is 16.6. The zero-order valence-electron chi connectivity index (χ0n) is 15.8. The van der Waals surface area contributed by atoms with Crippen molar-refractivity contribution in [3.8, 4) is 0 Å². The highest BCUT2D eigenvalue weighted by atomic mass is 35.5. The number of likely N-dealkylation sites (tertiary alicyclic amines) is 1. The molecule has 0 bridgehead atoms. The molecule has 2 heterocycles. The summed E-state index contributed by atoms with van der Waals surface area (Å²) in [5.74, 6) is 0.665. The average molecular weight is 400 g/mol. The zero-order chi connectivity index (χ0) is 19.5. The molecule has 1 fully saturated rings. The second-order valence-corrected chi connectivity index (χ2v) is 8.21. The van der Waals surface area contributed by atoms with Crippen molar-refractivity contribution in [2.24, 2.45) is 5.92 Å². The average Bonchev–Trinajstić information content (AvgIpc) is 3.05. The van der Waals surface area contributed by atoms with Crippen molar-refractivity contribution in [2.45, 2.75) is 31.8 Å². The van der Waals surface area contributed by atoms with Crippen LogP contribution < -0.4 is 5.69 Å². The van der Waals surface area contributed by atoms with Crippen molar-refractivity contribution in [2.75, 3.05) is 19.6 Å². The third kappa shape index (κ3) is 4.49. The Kier molecular flexibility index (Phi) is 5.85. The molecule has 3 N–H and O–H groups in total. The van der Waals surface area contributed by atoms with E-state index in [2.05, 4.69) is 45.2 Å². The van der Waals surface area contributed by atoms with Gasteiger partial charge in [-0.25, -0.2) is 4.79 Å². The molecule has 0 aliphatic carbocycles. The lowest BCUT2D eigenvalue weighted by Gasteiger charge is -2.33. The Hall–Kier alpha value is -2.08.